The van der Waals surface area contributed by atoms with Gasteiger partial charge >= 0.3 is 12.1 Å². The molecule has 0 N–H and O–H groups in total. The highest BCUT2D eigenvalue weighted by molar-refractivity contribution is 7.99. The number of amides is 1. The Labute approximate surface area is 222 Å². The topological polar surface area (TPSA) is 65.1 Å². The van der Waals surface area contributed by atoms with Crippen LogP contribution in [0.4, 0.5) is 4.79 Å². The average molecular weight is 520 g/mol. The van der Waals surface area contributed by atoms with Crippen LogP contribution >= 0.6 is 11.8 Å². The second-order valence-electron chi connectivity index (χ2n) is 8.72. The first-order valence-electron chi connectivity index (χ1n) is 12.7. The van der Waals surface area contributed by atoms with Gasteiger partial charge in [-0.05, 0) is 42.7 Å². The second kappa shape index (κ2) is 13.7. The van der Waals surface area contributed by atoms with Crippen molar-refractivity contribution in [3.63, 3.8) is 0 Å². The van der Waals surface area contributed by atoms with E-state index in [2.05, 4.69) is 24.3 Å². The maximum Gasteiger partial charge on any atom is 0.410 e. The number of esters is 1. The minimum atomic E-state index is -0.263. The predicted octanol–water partition coefficient (Wildman–Crippen LogP) is 6.15. The molecular formula is C30H33NO5S. The lowest BCUT2D eigenvalue weighted by Crippen LogP contribution is -2.39. The molecule has 0 bridgehead atoms. The third-order valence-electron chi connectivity index (χ3n) is 6.22. The van der Waals surface area contributed by atoms with E-state index in [0.29, 0.717) is 39.2 Å². The molecule has 0 spiro atoms. The van der Waals surface area contributed by atoms with Gasteiger partial charge in [0, 0.05) is 29.5 Å². The van der Waals surface area contributed by atoms with E-state index in [0.717, 1.165) is 16.4 Å². The molecule has 1 heterocycles. The molecule has 1 aliphatic rings. The van der Waals surface area contributed by atoms with Crippen molar-refractivity contribution in [1.29, 1.82) is 0 Å². The van der Waals surface area contributed by atoms with Crippen molar-refractivity contribution in [3.05, 3.63) is 96.1 Å². The van der Waals surface area contributed by atoms with Gasteiger partial charge in [0.2, 0.25) is 0 Å². The highest BCUT2D eigenvalue weighted by atomic mass is 32.2. The molecule has 194 valence electrons. The standard InChI is InChI=1S/C30H33NO5S/c1-2-34-28(32)17-10-19-35-25-15-9-16-26(21-25)37-20-18-31-27(22-36-30(31)33)29(23-11-5-3-6-12-23)24-13-7-4-8-14-24/h3-9,11-16,21,27,29H,2,10,17-20,22H2,1H3/t27-/m1/s1. The highest BCUT2D eigenvalue weighted by Gasteiger charge is 2.39. The summed E-state index contributed by atoms with van der Waals surface area (Å²) in [6, 6.07) is 28.4. The van der Waals surface area contributed by atoms with Crippen LogP contribution in [0.25, 0.3) is 0 Å². The van der Waals surface area contributed by atoms with E-state index in [1.165, 1.54) is 11.1 Å². The van der Waals surface area contributed by atoms with Gasteiger partial charge in [-0.1, -0.05) is 66.7 Å². The van der Waals surface area contributed by atoms with Crippen molar-refractivity contribution < 1.29 is 23.8 Å². The zero-order chi connectivity index (χ0) is 25.9. The molecule has 0 aliphatic carbocycles. The van der Waals surface area contributed by atoms with Crippen LogP contribution in [0.5, 0.6) is 5.75 Å². The normalized spacial score (nSPS) is 15.0. The first-order chi connectivity index (χ1) is 18.2. The molecule has 1 atom stereocenters. The van der Waals surface area contributed by atoms with Crippen LogP contribution in [-0.2, 0) is 14.3 Å². The molecule has 3 aromatic carbocycles. The summed E-state index contributed by atoms with van der Waals surface area (Å²) in [4.78, 5) is 27.1. The van der Waals surface area contributed by atoms with Crippen LogP contribution in [0.2, 0.25) is 0 Å². The summed E-state index contributed by atoms with van der Waals surface area (Å²) in [5.74, 6) is 1.33. The summed E-state index contributed by atoms with van der Waals surface area (Å²) in [5.41, 5.74) is 2.34. The molecule has 1 saturated heterocycles. The number of hydrogen-bond acceptors (Lipinski definition) is 6. The fraction of sp³-hybridized carbons (Fsp3) is 0.333. The average Bonchev–Trinajstić information content (AvgIpc) is 3.28. The third-order valence-corrected chi connectivity index (χ3v) is 7.19. The van der Waals surface area contributed by atoms with Crippen LogP contribution in [0.15, 0.2) is 89.8 Å². The molecule has 0 aromatic heterocycles. The lowest BCUT2D eigenvalue weighted by atomic mass is 9.85. The van der Waals surface area contributed by atoms with Gasteiger partial charge < -0.3 is 19.1 Å². The van der Waals surface area contributed by atoms with Crippen molar-refractivity contribution >= 4 is 23.8 Å². The van der Waals surface area contributed by atoms with E-state index >= 15 is 0 Å². The number of benzene rings is 3. The number of carbonyl (C=O) groups excluding carboxylic acids is 2. The molecule has 0 radical (unpaired) electrons. The van der Waals surface area contributed by atoms with Crippen molar-refractivity contribution in [2.75, 3.05) is 32.1 Å². The van der Waals surface area contributed by atoms with Gasteiger partial charge in [-0.25, -0.2) is 4.79 Å². The summed E-state index contributed by atoms with van der Waals surface area (Å²) < 4.78 is 16.3. The smallest absolute Gasteiger partial charge is 0.410 e. The Hall–Kier alpha value is -3.45. The molecule has 0 saturated carbocycles. The van der Waals surface area contributed by atoms with E-state index in [1.54, 1.807) is 18.7 Å². The Bertz CT molecular complexity index is 1100. The fourth-order valence-corrected chi connectivity index (χ4v) is 5.41. The summed E-state index contributed by atoms with van der Waals surface area (Å²) in [6.45, 7) is 3.60. The Kier molecular flexibility index (Phi) is 9.89. The summed E-state index contributed by atoms with van der Waals surface area (Å²) in [6.07, 6.45) is 0.696. The lowest BCUT2D eigenvalue weighted by molar-refractivity contribution is -0.143. The zero-order valence-electron chi connectivity index (χ0n) is 21.1. The first kappa shape index (κ1) is 26.6. The number of nitrogens with zero attached hydrogens (tertiary/aromatic N) is 1. The van der Waals surface area contributed by atoms with E-state index < -0.39 is 0 Å². The number of hydrogen-bond donors (Lipinski definition) is 0. The molecule has 7 heteroatoms. The van der Waals surface area contributed by atoms with Crippen LogP contribution in [0.1, 0.15) is 36.8 Å². The van der Waals surface area contributed by atoms with Crippen LogP contribution in [0.3, 0.4) is 0 Å². The van der Waals surface area contributed by atoms with Gasteiger partial charge in [-0.3, -0.25) is 4.79 Å². The maximum atomic E-state index is 12.7. The van der Waals surface area contributed by atoms with Gasteiger partial charge in [-0.15, -0.1) is 11.8 Å². The molecule has 1 aliphatic heterocycles. The van der Waals surface area contributed by atoms with Crippen molar-refractivity contribution in [3.8, 4) is 5.75 Å². The van der Waals surface area contributed by atoms with Gasteiger partial charge in [0.15, 0.2) is 0 Å². The minimum absolute atomic E-state index is 0.0326. The molecule has 1 amide bonds. The highest BCUT2D eigenvalue weighted by Crippen LogP contribution is 2.34. The second-order valence-corrected chi connectivity index (χ2v) is 9.89. The summed E-state index contributed by atoms with van der Waals surface area (Å²) in [5, 5.41) is 0. The number of carbonyl (C=O) groups is 2. The Morgan fingerprint density at radius 2 is 1.73 bits per heavy atom. The van der Waals surface area contributed by atoms with E-state index in [4.69, 9.17) is 14.2 Å². The number of rotatable bonds is 13. The molecule has 3 aromatic rings. The molecule has 1 fully saturated rings. The molecule has 37 heavy (non-hydrogen) atoms. The van der Waals surface area contributed by atoms with E-state index in [9.17, 15) is 9.59 Å². The van der Waals surface area contributed by atoms with E-state index in [1.807, 2.05) is 65.6 Å². The summed E-state index contributed by atoms with van der Waals surface area (Å²) >= 11 is 1.68. The fourth-order valence-electron chi connectivity index (χ4n) is 4.51. The Morgan fingerprint density at radius 3 is 2.41 bits per heavy atom. The quantitative estimate of drug-likeness (QED) is 0.153. The maximum absolute atomic E-state index is 12.7. The third kappa shape index (κ3) is 7.52. The van der Waals surface area contributed by atoms with E-state index in [-0.39, 0.29) is 24.0 Å². The SMILES string of the molecule is CCOC(=O)CCCOc1cccc(SCCN2C(=O)OC[C@@H]2C(c2ccccc2)c2ccccc2)c1. The number of ether oxygens (including phenoxy) is 3. The van der Waals surface area contributed by atoms with Crippen molar-refractivity contribution in [1.82, 2.24) is 4.90 Å². The van der Waals surface area contributed by atoms with Gasteiger partial charge in [-0.2, -0.15) is 0 Å². The molecular weight excluding hydrogens is 486 g/mol. The van der Waals surface area contributed by atoms with Gasteiger partial charge in [0.25, 0.3) is 0 Å². The van der Waals surface area contributed by atoms with Gasteiger partial charge in [0.05, 0.1) is 19.3 Å². The van der Waals surface area contributed by atoms with Gasteiger partial charge in [0.1, 0.15) is 12.4 Å². The van der Waals surface area contributed by atoms with Crippen molar-refractivity contribution in [2.24, 2.45) is 0 Å². The monoisotopic (exact) mass is 519 g/mol. The molecule has 4 rings (SSSR count). The van der Waals surface area contributed by atoms with Crippen LogP contribution in [0, 0.1) is 0 Å². The molecule has 0 unspecified atom stereocenters. The van der Waals surface area contributed by atoms with Crippen LogP contribution < -0.4 is 4.74 Å². The zero-order valence-corrected chi connectivity index (χ0v) is 21.9. The summed E-state index contributed by atoms with van der Waals surface area (Å²) in [7, 11) is 0. The largest absolute Gasteiger partial charge is 0.494 e. The Balaban J connectivity index is 1.35. The number of thioether (sulfide) groups is 1. The lowest BCUT2D eigenvalue weighted by Gasteiger charge is -2.30. The number of cyclic esters (lactones) is 1. The minimum Gasteiger partial charge on any atom is -0.494 e. The predicted molar refractivity (Wildman–Crippen MR) is 145 cm³/mol. The first-order valence-corrected chi connectivity index (χ1v) is 13.7. The molecule has 6 nitrogen and oxygen atoms in total. The Morgan fingerprint density at radius 1 is 1.03 bits per heavy atom. The van der Waals surface area contributed by atoms with Crippen molar-refractivity contribution in [2.45, 2.75) is 36.6 Å². The van der Waals surface area contributed by atoms with Crippen LogP contribution in [-0.4, -0.2) is 55.1 Å².